The largest absolute Gasteiger partial charge is 0.497 e. The van der Waals surface area contributed by atoms with Crippen LogP contribution in [-0.4, -0.2) is 48.0 Å². The van der Waals surface area contributed by atoms with Gasteiger partial charge in [-0.2, -0.15) is 5.10 Å². The average molecular weight is 447 g/mol. The van der Waals surface area contributed by atoms with Crippen molar-refractivity contribution in [3.8, 4) is 5.75 Å². The van der Waals surface area contributed by atoms with E-state index in [4.69, 9.17) is 9.47 Å². The molecule has 4 aromatic rings. The Morgan fingerprint density at radius 2 is 1.88 bits per heavy atom. The predicted molar refractivity (Wildman–Crippen MR) is 126 cm³/mol. The molecular formula is C25H26N4O4. The SMILES string of the molecule is COCCn1nc(C(=O)NCC(c2ccc(OC)cc2)c2c[nH]c3ccccc23)ccc1=O. The van der Waals surface area contributed by atoms with Gasteiger partial charge in [-0.1, -0.05) is 30.3 Å². The van der Waals surface area contributed by atoms with E-state index in [1.54, 1.807) is 14.2 Å². The number of nitrogens with zero attached hydrogens (tertiary/aromatic N) is 2. The Labute approximate surface area is 191 Å². The number of hydrogen-bond donors (Lipinski definition) is 2. The lowest BCUT2D eigenvalue weighted by atomic mass is 9.90. The summed E-state index contributed by atoms with van der Waals surface area (Å²) in [6.45, 7) is 0.963. The van der Waals surface area contributed by atoms with Crippen LogP contribution < -0.4 is 15.6 Å². The monoisotopic (exact) mass is 446 g/mol. The summed E-state index contributed by atoms with van der Waals surface area (Å²) in [6, 6.07) is 18.7. The molecular weight excluding hydrogens is 420 g/mol. The Kier molecular flexibility index (Phi) is 6.85. The van der Waals surface area contributed by atoms with Crippen molar-refractivity contribution in [2.24, 2.45) is 0 Å². The number of methoxy groups -OCH3 is 2. The van der Waals surface area contributed by atoms with Crippen molar-refractivity contribution in [3.05, 3.63) is 94.0 Å². The topological polar surface area (TPSA) is 98.2 Å². The maximum absolute atomic E-state index is 12.9. The van der Waals surface area contributed by atoms with Crippen LogP contribution in [0.15, 0.2) is 71.7 Å². The van der Waals surface area contributed by atoms with Crippen molar-refractivity contribution in [1.29, 1.82) is 0 Å². The number of hydrogen-bond acceptors (Lipinski definition) is 5. The second-order valence-corrected chi connectivity index (χ2v) is 7.60. The molecule has 8 nitrogen and oxygen atoms in total. The molecule has 2 heterocycles. The Morgan fingerprint density at radius 1 is 1.09 bits per heavy atom. The zero-order chi connectivity index (χ0) is 23.2. The van der Waals surface area contributed by atoms with Crippen molar-refractivity contribution >= 4 is 16.8 Å². The molecule has 1 amide bonds. The second kappa shape index (κ2) is 10.1. The number of aromatic amines is 1. The molecule has 33 heavy (non-hydrogen) atoms. The molecule has 0 bridgehead atoms. The number of H-pyrrole nitrogens is 1. The molecule has 0 radical (unpaired) electrons. The number of ether oxygens (including phenoxy) is 2. The van der Waals surface area contributed by atoms with Gasteiger partial charge >= 0.3 is 0 Å². The van der Waals surface area contributed by atoms with Gasteiger partial charge < -0.3 is 19.8 Å². The third kappa shape index (κ3) is 4.96. The van der Waals surface area contributed by atoms with E-state index in [9.17, 15) is 9.59 Å². The molecule has 4 rings (SSSR count). The van der Waals surface area contributed by atoms with E-state index in [0.717, 1.165) is 27.8 Å². The average Bonchev–Trinajstić information content (AvgIpc) is 3.28. The van der Waals surface area contributed by atoms with Gasteiger partial charge in [0.05, 0.1) is 20.3 Å². The Morgan fingerprint density at radius 3 is 2.64 bits per heavy atom. The minimum absolute atomic E-state index is 0.101. The van der Waals surface area contributed by atoms with E-state index < -0.39 is 0 Å². The first kappa shape index (κ1) is 22.3. The van der Waals surface area contributed by atoms with Gasteiger partial charge in [-0.25, -0.2) is 4.68 Å². The summed E-state index contributed by atoms with van der Waals surface area (Å²) in [6.07, 6.45) is 1.98. The zero-order valence-corrected chi connectivity index (χ0v) is 18.6. The number of fused-ring (bicyclic) bond motifs is 1. The molecule has 0 aliphatic carbocycles. The molecule has 170 valence electrons. The molecule has 2 N–H and O–H groups in total. The van der Waals surface area contributed by atoms with Crippen LogP contribution in [0.1, 0.15) is 27.5 Å². The Balaban J connectivity index is 1.60. The van der Waals surface area contributed by atoms with Crippen molar-refractivity contribution in [2.45, 2.75) is 12.5 Å². The summed E-state index contributed by atoms with van der Waals surface area (Å²) in [7, 11) is 3.18. The predicted octanol–water partition coefficient (Wildman–Crippen LogP) is 2.94. The Hall–Kier alpha value is -3.91. The smallest absolute Gasteiger partial charge is 0.271 e. The van der Waals surface area contributed by atoms with Crippen LogP contribution in [0, 0.1) is 0 Å². The first-order valence-electron chi connectivity index (χ1n) is 10.7. The van der Waals surface area contributed by atoms with Crippen LogP contribution in [0.3, 0.4) is 0 Å². The summed E-state index contributed by atoms with van der Waals surface area (Å²) in [5, 5.41) is 8.27. The fourth-order valence-corrected chi connectivity index (χ4v) is 3.82. The van der Waals surface area contributed by atoms with Gasteiger partial charge in [0, 0.05) is 42.7 Å². The number of nitrogens with one attached hydrogen (secondary N) is 2. The summed E-state index contributed by atoms with van der Waals surface area (Å²) < 4.78 is 11.5. The van der Waals surface area contributed by atoms with Crippen LogP contribution in [0.5, 0.6) is 5.75 Å². The number of aromatic nitrogens is 3. The van der Waals surface area contributed by atoms with Gasteiger partial charge in [0.2, 0.25) is 0 Å². The van der Waals surface area contributed by atoms with Crippen molar-refractivity contribution in [3.63, 3.8) is 0 Å². The van der Waals surface area contributed by atoms with E-state index in [1.165, 1.54) is 16.8 Å². The maximum Gasteiger partial charge on any atom is 0.271 e. The van der Waals surface area contributed by atoms with Crippen LogP contribution in [0.4, 0.5) is 0 Å². The van der Waals surface area contributed by atoms with E-state index in [0.29, 0.717) is 13.2 Å². The fraction of sp³-hybridized carbons (Fsp3) is 0.240. The summed E-state index contributed by atoms with van der Waals surface area (Å²) >= 11 is 0. The molecule has 0 aliphatic rings. The third-order valence-corrected chi connectivity index (χ3v) is 5.59. The third-order valence-electron chi connectivity index (χ3n) is 5.59. The second-order valence-electron chi connectivity index (χ2n) is 7.60. The van der Waals surface area contributed by atoms with Crippen molar-refractivity contribution in [2.75, 3.05) is 27.4 Å². The molecule has 0 spiro atoms. The zero-order valence-electron chi connectivity index (χ0n) is 18.6. The van der Waals surface area contributed by atoms with Gasteiger partial charge in [0.1, 0.15) is 11.4 Å². The lowest BCUT2D eigenvalue weighted by Crippen LogP contribution is -2.32. The number of para-hydroxylation sites is 1. The number of carbonyl (C=O) groups excluding carboxylic acids is 1. The number of carbonyl (C=O) groups is 1. The van der Waals surface area contributed by atoms with Gasteiger partial charge in [-0.15, -0.1) is 0 Å². The fourth-order valence-electron chi connectivity index (χ4n) is 3.82. The van der Waals surface area contributed by atoms with E-state index in [-0.39, 0.29) is 29.6 Å². The highest BCUT2D eigenvalue weighted by Gasteiger charge is 2.20. The van der Waals surface area contributed by atoms with Crippen LogP contribution >= 0.6 is 0 Å². The summed E-state index contributed by atoms with van der Waals surface area (Å²) in [5.74, 6) is 0.318. The molecule has 0 aliphatic heterocycles. The van der Waals surface area contributed by atoms with Crippen molar-refractivity contribution in [1.82, 2.24) is 20.1 Å². The summed E-state index contributed by atoms with van der Waals surface area (Å²) in [4.78, 5) is 28.2. The first-order valence-corrected chi connectivity index (χ1v) is 10.7. The minimum atomic E-state index is -0.348. The van der Waals surface area contributed by atoms with Gasteiger partial charge in [-0.05, 0) is 35.4 Å². The number of rotatable bonds is 9. The maximum atomic E-state index is 12.9. The quantitative estimate of drug-likeness (QED) is 0.412. The highest BCUT2D eigenvalue weighted by molar-refractivity contribution is 5.92. The van der Waals surface area contributed by atoms with Gasteiger partial charge in [0.25, 0.3) is 11.5 Å². The highest BCUT2D eigenvalue weighted by atomic mass is 16.5. The molecule has 1 atom stereocenters. The molecule has 0 fully saturated rings. The molecule has 0 saturated heterocycles. The number of amides is 1. The van der Waals surface area contributed by atoms with Crippen LogP contribution in [0.2, 0.25) is 0 Å². The molecule has 8 heteroatoms. The van der Waals surface area contributed by atoms with E-state index in [2.05, 4.69) is 21.5 Å². The highest BCUT2D eigenvalue weighted by Crippen LogP contribution is 2.31. The van der Waals surface area contributed by atoms with E-state index in [1.807, 2.05) is 48.7 Å². The Bertz CT molecular complexity index is 1290. The van der Waals surface area contributed by atoms with Crippen LogP contribution in [-0.2, 0) is 11.3 Å². The number of benzene rings is 2. The molecule has 0 saturated carbocycles. The van der Waals surface area contributed by atoms with Gasteiger partial charge in [-0.3, -0.25) is 9.59 Å². The lowest BCUT2D eigenvalue weighted by molar-refractivity contribution is 0.0943. The first-order chi connectivity index (χ1) is 16.1. The standard InChI is InChI=1S/C25H26N4O4/c1-32-14-13-29-24(30)12-11-23(28-29)25(31)27-15-20(17-7-9-18(33-2)10-8-17)21-16-26-22-6-4-3-5-19(21)22/h3-12,16,20,26H,13-15H2,1-2H3,(H,27,31). The molecule has 2 aromatic heterocycles. The van der Waals surface area contributed by atoms with Crippen LogP contribution in [0.25, 0.3) is 10.9 Å². The van der Waals surface area contributed by atoms with Gasteiger partial charge in [0.15, 0.2) is 0 Å². The summed E-state index contributed by atoms with van der Waals surface area (Å²) in [5.41, 5.74) is 3.05. The van der Waals surface area contributed by atoms with Crippen molar-refractivity contribution < 1.29 is 14.3 Å². The molecule has 2 aromatic carbocycles. The normalized spacial score (nSPS) is 11.9. The minimum Gasteiger partial charge on any atom is -0.497 e. The molecule has 1 unspecified atom stereocenters. The van der Waals surface area contributed by atoms with E-state index >= 15 is 0 Å². The lowest BCUT2D eigenvalue weighted by Gasteiger charge is -2.18.